The molecular weight excluding hydrogens is 326 g/mol. The highest BCUT2D eigenvalue weighted by molar-refractivity contribution is 5.04. The highest BCUT2D eigenvalue weighted by Crippen LogP contribution is 2.44. The first-order valence-corrected chi connectivity index (χ1v) is 10.3. The van der Waals surface area contributed by atoms with Crippen LogP contribution in [0.15, 0.2) is 0 Å². The predicted octanol–water partition coefficient (Wildman–Crippen LogP) is 4.62. The molecule has 2 aliphatic heterocycles. The van der Waals surface area contributed by atoms with Gasteiger partial charge in [0.25, 0.3) is 0 Å². The van der Waals surface area contributed by atoms with E-state index in [1.54, 1.807) is 5.06 Å². The van der Waals surface area contributed by atoms with Gasteiger partial charge in [-0.25, -0.2) is 0 Å². The van der Waals surface area contributed by atoms with E-state index in [-0.39, 0.29) is 22.0 Å². The summed E-state index contributed by atoms with van der Waals surface area (Å²) >= 11 is 0. The van der Waals surface area contributed by atoms with E-state index < -0.39 is 0 Å². The van der Waals surface area contributed by atoms with E-state index >= 15 is 0 Å². The highest BCUT2D eigenvalue weighted by Gasteiger charge is 2.51. The molecule has 2 saturated heterocycles. The molecule has 2 aliphatic rings. The van der Waals surface area contributed by atoms with Gasteiger partial charge in [0.15, 0.2) is 0 Å². The van der Waals surface area contributed by atoms with Crippen LogP contribution in [0.5, 0.6) is 0 Å². The van der Waals surface area contributed by atoms with Crippen molar-refractivity contribution in [1.82, 2.24) is 15.0 Å². The molecule has 5 nitrogen and oxygen atoms in total. The molecule has 2 rings (SSSR count). The van der Waals surface area contributed by atoms with Crippen LogP contribution in [0.3, 0.4) is 0 Å². The van der Waals surface area contributed by atoms with E-state index in [0.29, 0.717) is 18.6 Å². The molecule has 1 unspecified atom stereocenters. The zero-order valence-corrected chi connectivity index (χ0v) is 19.2. The molecule has 156 valence electrons. The maximum atomic E-state index is 10.6. The summed E-state index contributed by atoms with van der Waals surface area (Å²) < 4.78 is 0. The Morgan fingerprint density at radius 2 is 1.19 bits per heavy atom. The molecule has 5 heteroatoms. The molecular formula is C21H45N3O2. The number of rotatable bonds is 2. The van der Waals surface area contributed by atoms with Crippen LogP contribution in [0, 0.1) is 5.41 Å². The number of hydrogen-bond acceptors (Lipinski definition) is 5. The summed E-state index contributed by atoms with van der Waals surface area (Å²) in [6.45, 7) is 21.9. The minimum absolute atomic E-state index is 0.0175. The van der Waals surface area contributed by atoms with Crippen molar-refractivity contribution in [3.8, 4) is 0 Å². The van der Waals surface area contributed by atoms with Crippen LogP contribution in [0.2, 0.25) is 0 Å². The lowest BCUT2D eigenvalue weighted by molar-refractivity contribution is -0.259. The van der Waals surface area contributed by atoms with Crippen LogP contribution >= 0.6 is 0 Å². The van der Waals surface area contributed by atoms with Crippen molar-refractivity contribution in [3.05, 3.63) is 0 Å². The van der Waals surface area contributed by atoms with Crippen molar-refractivity contribution < 1.29 is 10.4 Å². The lowest BCUT2D eigenvalue weighted by Gasteiger charge is -2.58. The first-order chi connectivity index (χ1) is 11.6. The van der Waals surface area contributed by atoms with Crippen LogP contribution in [0.25, 0.3) is 0 Å². The van der Waals surface area contributed by atoms with Gasteiger partial charge in [0.05, 0.1) is 0 Å². The Morgan fingerprint density at radius 3 is 1.62 bits per heavy atom. The molecule has 2 heterocycles. The second-order valence-electron chi connectivity index (χ2n) is 10.7. The first kappa shape index (κ1) is 23.8. The van der Waals surface area contributed by atoms with Crippen LogP contribution in [0.4, 0.5) is 0 Å². The summed E-state index contributed by atoms with van der Waals surface area (Å²) in [5.74, 6) is 0. The second kappa shape index (κ2) is 7.67. The van der Waals surface area contributed by atoms with Crippen molar-refractivity contribution >= 4 is 0 Å². The molecule has 2 N–H and O–H groups in total. The number of nitrogens with zero attached hydrogens (tertiary/aromatic N) is 3. The fraction of sp³-hybridized carbons (Fsp3) is 1.00. The van der Waals surface area contributed by atoms with Crippen LogP contribution in [0.1, 0.15) is 88.5 Å². The van der Waals surface area contributed by atoms with E-state index in [2.05, 4.69) is 67.3 Å². The van der Waals surface area contributed by atoms with Crippen LogP contribution in [-0.4, -0.2) is 67.7 Å². The quantitative estimate of drug-likeness (QED) is 0.741. The Balaban J connectivity index is 0.00000163. The molecule has 2 fully saturated rings. The molecule has 0 radical (unpaired) electrons. The SMILES string of the molecule is CC.CN(C1CC(C)(C)N(O)C(C)(C)C1)C1CC(C)(C)N(O)CC1(C)C. The van der Waals surface area contributed by atoms with Gasteiger partial charge in [0.2, 0.25) is 0 Å². The second-order valence-corrected chi connectivity index (χ2v) is 10.7. The van der Waals surface area contributed by atoms with Gasteiger partial charge in [-0.3, -0.25) is 4.90 Å². The number of hydrogen-bond donors (Lipinski definition) is 2. The van der Waals surface area contributed by atoms with Crippen molar-refractivity contribution in [2.75, 3.05) is 13.6 Å². The van der Waals surface area contributed by atoms with E-state index in [1.165, 1.54) is 5.06 Å². The zero-order chi connectivity index (χ0) is 20.7. The summed E-state index contributed by atoms with van der Waals surface area (Å²) in [4.78, 5) is 2.53. The van der Waals surface area contributed by atoms with Crippen molar-refractivity contribution in [1.29, 1.82) is 0 Å². The van der Waals surface area contributed by atoms with Crippen LogP contribution < -0.4 is 0 Å². The Kier molecular flexibility index (Phi) is 7.03. The smallest absolute Gasteiger partial charge is 0.0425 e. The molecule has 0 spiro atoms. The average molecular weight is 372 g/mol. The largest absolute Gasteiger partial charge is 0.313 e. The topological polar surface area (TPSA) is 50.2 Å². The first-order valence-electron chi connectivity index (χ1n) is 10.3. The van der Waals surface area contributed by atoms with Gasteiger partial charge in [0, 0.05) is 35.2 Å². The third-order valence-electron chi connectivity index (χ3n) is 6.54. The van der Waals surface area contributed by atoms with E-state index in [9.17, 15) is 10.4 Å². The van der Waals surface area contributed by atoms with E-state index in [0.717, 1.165) is 19.3 Å². The van der Waals surface area contributed by atoms with E-state index in [4.69, 9.17) is 0 Å². The number of hydroxylamine groups is 4. The van der Waals surface area contributed by atoms with Gasteiger partial charge in [-0.2, -0.15) is 10.1 Å². The average Bonchev–Trinajstić information content (AvgIpc) is 2.49. The Labute approximate surface area is 162 Å². The maximum Gasteiger partial charge on any atom is 0.0425 e. The van der Waals surface area contributed by atoms with Crippen molar-refractivity contribution in [3.63, 3.8) is 0 Å². The van der Waals surface area contributed by atoms with Gasteiger partial charge in [-0.05, 0) is 73.3 Å². The maximum absolute atomic E-state index is 10.6. The third kappa shape index (κ3) is 4.61. The molecule has 0 saturated carbocycles. The highest BCUT2D eigenvalue weighted by atomic mass is 16.5. The van der Waals surface area contributed by atoms with Crippen LogP contribution in [-0.2, 0) is 0 Å². The molecule has 0 aromatic heterocycles. The molecule has 0 aromatic carbocycles. The normalized spacial score (nSPS) is 31.4. The Bertz CT molecular complexity index is 456. The van der Waals surface area contributed by atoms with Gasteiger partial charge >= 0.3 is 0 Å². The molecule has 26 heavy (non-hydrogen) atoms. The fourth-order valence-electron chi connectivity index (χ4n) is 5.02. The third-order valence-corrected chi connectivity index (χ3v) is 6.54. The van der Waals surface area contributed by atoms with Gasteiger partial charge in [-0.15, -0.1) is 0 Å². The molecule has 0 aromatic rings. The number of piperidine rings is 2. The molecule has 0 bridgehead atoms. The minimum Gasteiger partial charge on any atom is -0.313 e. The minimum atomic E-state index is -0.238. The zero-order valence-electron chi connectivity index (χ0n) is 19.2. The monoisotopic (exact) mass is 371 g/mol. The molecule has 1 atom stereocenters. The Hall–Kier alpha value is -0.200. The molecule has 0 aliphatic carbocycles. The summed E-state index contributed by atoms with van der Waals surface area (Å²) in [6, 6.07) is 0.821. The van der Waals surface area contributed by atoms with E-state index in [1.807, 2.05) is 13.8 Å². The predicted molar refractivity (Wildman–Crippen MR) is 109 cm³/mol. The molecule has 0 amide bonds. The lowest BCUT2D eigenvalue weighted by atomic mass is 9.71. The summed E-state index contributed by atoms with van der Waals surface area (Å²) in [5, 5.41) is 24.0. The van der Waals surface area contributed by atoms with Gasteiger partial charge < -0.3 is 10.4 Å². The van der Waals surface area contributed by atoms with Gasteiger partial charge in [0.1, 0.15) is 0 Å². The Morgan fingerprint density at radius 1 is 0.769 bits per heavy atom. The summed E-state index contributed by atoms with van der Waals surface area (Å²) in [7, 11) is 2.24. The summed E-state index contributed by atoms with van der Waals surface area (Å²) in [5.41, 5.74) is -0.670. The van der Waals surface area contributed by atoms with Crippen molar-refractivity contribution in [2.24, 2.45) is 5.41 Å². The van der Waals surface area contributed by atoms with Gasteiger partial charge in [-0.1, -0.05) is 27.7 Å². The standard InChI is InChI=1S/C19H39N3O2.C2H6/c1-16(2)13-21(23)17(3,4)12-15(16)20(9)14-10-18(5,6)22(24)19(7,8)11-14;1-2/h14-15,23-24H,10-13H2,1-9H3;1-2H3. The summed E-state index contributed by atoms with van der Waals surface area (Å²) in [6.07, 6.45) is 2.83. The fourth-order valence-corrected chi connectivity index (χ4v) is 5.02. The van der Waals surface area contributed by atoms with Crippen molar-refractivity contribution in [2.45, 2.75) is 117 Å². The lowest BCUT2D eigenvalue weighted by Crippen LogP contribution is -2.67.